The van der Waals surface area contributed by atoms with Gasteiger partial charge in [0.2, 0.25) is 0 Å². The molecule has 0 atom stereocenters. The minimum Gasteiger partial charge on any atom is -0.325 e. The van der Waals surface area contributed by atoms with E-state index in [1.165, 1.54) is 5.56 Å². The number of imidazole rings is 1. The van der Waals surface area contributed by atoms with Crippen LogP contribution in [-0.2, 0) is 13.1 Å². The molecule has 2 amide bonds. The van der Waals surface area contributed by atoms with Gasteiger partial charge < -0.3 is 14.4 Å². The first-order valence-electron chi connectivity index (χ1n) is 8.79. The third-order valence-corrected chi connectivity index (χ3v) is 4.52. The largest absolute Gasteiger partial charge is 0.325 e. The molecule has 1 aromatic heterocycles. The number of urea groups is 1. The van der Waals surface area contributed by atoms with E-state index >= 15 is 0 Å². The van der Waals surface area contributed by atoms with E-state index in [4.69, 9.17) is 0 Å². The molecule has 0 saturated heterocycles. The highest BCUT2D eigenvalue weighted by Crippen LogP contribution is 2.15. The van der Waals surface area contributed by atoms with Gasteiger partial charge in [0.25, 0.3) is 0 Å². The van der Waals surface area contributed by atoms with Gasteiger partial charge in [-0.3, -0.25) is 0 Å². The molecule has 5 heteroatoms. The van der Waals surface area contributed by atoms with Crippen molar-refractivity contribution in [2.24, 2.45) is 0 Å². The van der Waals surface area contributed by atoms with Crippen molar-refractivity contribution >= 4 is 6.03 Å². The Morgan fingerprint density at radius 2 is 2.04 bits per heavy atom. The summed E-state index contributed by atoms with van der Waals surface area (Å²) in [5.74, 6) is 7.33. The third kappa shape index (κ3) is 3.69. The number of carbonyl (C=O) groups excluding carboxylic acids is 1. The summed E-state index contributed by atoms with van der Waals surface area (Å²) in [5, 5.41) is 0. The van der Waals surface area contributed by atoms with Crippen molar-refractivity contribution in [3.05, 3.63) is 53.1 Å². The first kappa shape index (κ1) is 17.1. The molecule has 0 N–H and O–H groups in total. The van der Waals surface area contributed by atoms with E-state index in [0.29, 0.717) is 13.1 Å². The number of rotatable bonds is 2. The van der Waals surface area contributed by atoms with Gasteiger partial charge in [-0.25, -0.2) is 9.78 Å². The van der Waals surface area contributed by atoms with Crippen molar-refractivity contribution in [1.82, 2.24) is 19.4 Å². The number of benzene rings is 1. The highest BCUT2D eigenvalue weighted by atomic mass is 16.2. The molecular formula is C20H24N4O. The van der Waals surface area contributed by atoms with Crippen molar-refractivity contribution in [2.75, 3.05) is 19.6 Å². The van der Waals surface area contributed by atoms with Crippen molar-refractivity contribution < 1.29 is 4.79 Å². The monoisotopic (exact) mass is 336 g/mol. The van der Waals surface area contributed by atoms with Gasteiger partial charge in [0.05, 0.1) is 12.7 Å². The fourth-order valence-corrected chi connectivity index (χ4v) is 3.08. The van der Waals surface area contributed by atoms with Crippen LogP contribution in [0.25, 0.3) is 0 Å². The molecule has 0 unspecified atom stereocenters. The van der Waals surface area contributed by atoms with Gasteiger partial charge in [-0.2, -0.15) is 0 Å². The Hall–Kier alpha value is -2.74. The summed E-state index contributed by atoms with van der Waals surface area (Å²) < 4.78 is 2.12. The van der Waals surface area contributed by atoms with Crippen LogP contribution in [0.3, 0.4) is 0 Å². The second-order valence-corrected chi connectivity index (χ2v) is 6.21. The molecule has 3 rings (SSSR count). The van der Waals surface area contributed by atoms with Crippen LogP contribution in [0.4, 0.5) is 4.79 Å². The lowest BCUT2D eigenvalue weighted by Gasteiger charge is -2.32. The lowest BCUT2D eigenvalue weighted by molar-refractivity contribution is 0.144. The number of aromatic nitrogens is 2. The molecule has 2 heterocycles. The quantitative estimate of drug-likeness (QED) is 0.791. The highest BCUT2D eigenvalue weighted by Gasteiger charge is 2.25. The zero-order chi connectivity index (χ0) is 17.8. The van der Waals surface area contributed by atoms with Gasteiger partial charge in [-0.05, 0) is 44.4 Å². The Bertz CT molecular complexity index is 824. The summed E-state index contributed by atoms with van der Waals surface area (Å²) in [4.78, 5) is 20.7. The van der Waals surface area contributed by atoms with E-state index in [0.717, 1.165) is 36.7 Å². The molecule has 130 valence electrons. The minimum absolute atomic E-state index is 0.0895. The van der Waals surface area contributed by atoms with Crippen LogP contribution in [0.2, 0.25) is 0 Å². The molecular weight excluding hydrogens is 312 g/mol. The van der Waals surface area contributed by atoms with Gasteiger partial charge in [0, 0.05) is 31.7 Å². The number of aryl methyl sites for hydroxylation is 1. The summed E-state index contributed by atoms with van der Waals surface area (Å²) in [7, 11) is 0. The predicted molar refractivity (Wildman–Crippen MR) is 98.1 cm³/mol. The predicted octanol–water partition coefficient (Wildman–Crippen LogP) is 2.87. The molecule has 2 aromatic rings. The minimum atomic E-state index is 0.0895. The number of hydrogen-bond donors (Lipinski definition) is 0. The maximum Gasteiger partial charge on any atom is 0.320 e. The third-order valence-electron chi connectivity index (χ3n) is 4.52. The van der Waals surface area contributed by atoms with Crippen molar-refractivity contribution in [3.63, 3.8) is 0 Å². The second-order valence-electron chi connectivity index (χ2n) is 6.21. The lowest BCUT2D eigenvalue weighted by atomic mass is 10.1. The first-order valence-corrected chi connectivity index (χ1v) is 8.79. The molecule has 1 aliphatic rings. The van der Waals surface area contributed by atoms with Gasteiger partial charge in [0.1, 0.15) is 11.5 Å². The van der Waals surface area contributed by atoms with Gasteiger partial charge in [0.15, 0.2) is 0 Å². The van der Waals surface area contributed by atoms with Gasteiger partial charge in [-0.15, -0.1) is 0 Å². The SMILES string of the molecule is CCN(CC)C(=O)N1CCn2c(C#Cc3cccc(C)c3)cnc2C1. The molecule has 0 bridgehead atoms. The smallest absolute Gasteiger partial charge is 0.320 e. The maximum absolute atomic E-state index is 12.5. The summed E-state index contributed by atoms with van der Waals surface area (Å²) in [5.41, 5.74) is 3.11. The number of fused-ring (bicyclic) bond motifs is 1. The van der Waals surface area contributed by atoms with Crippen LogP contribution >= 0.6 is 0 Å². The molecule has 0 radical (unpaired) electrons. The Labute approximate surface area is 149 Å². The van der Waals surface area contributed by atoms with E-state index in [1.54, 1.807) is 0 Å². The number of amides is 2. The molecule has 1 aliphatic heterocycles. The lowest BCUT2D eigenvalue weighted by Crippen LogP contribution is -2.46. The normalized spacial score (nSPS) is 13.0. The molecule has 0 fully saturated rings. The molecule has 0 spiro atoms. The number of hydrogen-bond acceptors (Lipinski definition) is 2. The van der Waals surface area contributed by atoms with Crippen molar-refractivity contribution in [2.45, 2.75) is 33.9 Å². The van der Waals surface area contributed by atoms with E-state index in [-0.39, 0.29) is 6.03 Å². The van der Waals surface area contributed by atoms with Crippen LogP contribution in [-0.4, -0.2) is 45.0 Å². The summed E-state index contributed by atoms with van der Waals surface area (Å²) in [6.45, 7) is 9.50. The average molecular weight is 336 g/mol. The van der Waals surface area contributed by atoms with Crippen LogP contribution in [0.5, 0.6) is 0 Å². The Morgan fingerprint density at radius 3 is 2.76 bits per heavy atom. The summed E-state index contributed by atoms with van der Waals surface area (Å²) in [6.07, 6.45) is 1.81. The average Bonchev–Trinajstić information content (AvgIpc) is 3.03. The zero-order valence-corrected chi connectivity index (χ0v) is 15.1. The molecule has 25 heavy (non-hydrogen) atoms. The molecule has 0 aliphatic carbocycles. The van der Waals surface area contributed by atoms with E-state index < -0.39 is 0 Å². The fourth-order valence-electron chi connectivity index (χ4n) is 3.08. The number of carbonyl (C=O) groups is 1. The van der Waals surface area contributed by atoms with E-state index in [9.17, 15) is 4.79 Å². The van der Waals surface area contributed by atoms with Crippen LogP contribution < -0.4 is 0 Å². The van der Waals surface area contributed by atoms with Crippen LogP contribution in [0, 0.1) is 18.8 Å². The molecule has 1 aromatic carbocycles. The summed E-state index contributed by atoms with van der Waals surface area (Å²) in [6, 6.07) is 8.25. The highest BCUT2D eigenvalue weighted by molar-refractivity contribution is 5.74. The Morgan fingerprint density at radius 1 is 1.24 bits per heavy atom. The topological polar surface area (TPSA) is 41.4 Å². The standard InChI is InChI=1S/C20H24N4O/c1-4-22(5-2)20(25)23-11-12-24-18(14-21-19(24)15-23)10-9-17-8-6-7-16(3)13-17/h6-8,13-14H,4-5,11-12,15H2,1-3H3. The van der Waals surface area contributed by atoms with Crippen molar-refractivity contribution in [3.8, 4) is 11.8 Å². The van der Waals surface area contributed by atoms with Gasteiger partial charge in [-0.1, -0.05) is 18.1 Å². The van der Waals surface area contributed by atoms with Crippen LogP contribution in [0.1, 0.15) is 36.5 Å². The molecule has 0 saturated carbocycles. The second kappa shape index (κ2) is 7.43. The number of nitrogens with zero attached hydrogens (tertiary/aromatic N) is 4. The van der Waals surface area contributed by atoms with Crippen molar-refractivity contribution in [1.29, 1.82) is 0 Å². The Balaban J connectivity index is 1.76. The zero-order valence-electron chi connectivity index (χ0n) is 15.1. The Kier molecular flexibility index (Phi) is 5.08. The first-order chi connectivity index (χ1) is 12.1. The molecule has 5 nitrogen and oxygen atoms in total. The fraction of sp³-hybridized carbons (Fsp3) is 0.400. The van der Waals surface area contributed by atoms with Gasteiger partial charge >= 0.3 is 6.03 Å². The van der Waals surface area contributed by atoms with E-state index in [1.807, 2.05) is 42.0 Å². The summed E-state index contributed by atoms with van der Waals surface area (Å²) >= 11 is 0. The van der Waals surface area contributed by atoms with Crippen LogP contribution in [0.15, 0.2) is 30.5 Å². The maximum atomic E-state index is 12.5. The van der Waals surface area contributed by atoms with E-state index in [2.05, 4.69) is 40.4 Å².